The lowest BCUT2D eigenvalue weighted by Gasteiger charge is -2.03. The Morgan fingerprint density at radius 2 is 2.16 bits per heavy atom. The first-order chi connectivity index (χ1) is 8.97. The van der Waals surface area contributed by atoms with Crippen LogP contribution in [0.1, 0.15) is 21.7 Å². The highest BCUT2D eigenvalue weighted by molar-refractivity contribution is 6.06. The minimum absolute atomic E-state index is 0.0209. The van der Waals surface area contributed by atoms with Gasteiger partial charge in [-0.1, -0.05) is 6.07 Å². The SMILES string of the molecule is Cc1ccc([N+](=O)[O-])c(C(=O)Nc2n[nH]c(C)n2)c1. The Hall–Kier alpha value is -2.77. The van der Waals surface area contributed by atoms with Crippen molar-refractivity contribution >= 4 is 17.5 Å². The third-order valence-corrected chi connectivity index (χ3v) is 2.42. The molecule has 0 aliphatic rings. The van der Waals surface area contributed by atoms with Crippen molar-refractivity contribution in [2.75, 3.05) is 5.32 Å². The van der Waals surface area contributed by atoms with Gasteiger partial charge in [0.15, 0.2) is 0 Å². The molecule has 0 bridgehead atoms. The lowest BCUT2D eigenvalue weighted by Crippen LogP contribution is -2.15. The number of benzene rings is 1. The summed E-state index contributed by atoms with van der Waals surface area (Å²) in [7, 11) is 0. The zero-order valence-electron chi connectivity index (χ0n) is 10.3. The third-order valence-electron chi connectivity index (χ3n) is 2.42. The second-order valence-electron chi connectivity index (χ2n) is 3.98. The Kier molecular flexibility index (Phi) is 3.23. The molecule has 1 heterocycles. The van der Waals surface area contributed by atoms with Crippen LogP contribution in [0, 0.1) is 24.0 Å². The number of nitrogens with one attached hydrogen (secondary N) is 2. The van der Waals surface area contributed by atoms with Crippen LogP contribution in [0.25, 0.3) is 0 Å². The molecule has 1 aromatic heterocycles. The smallest absolute Gasteiger partial charge is 0.282 e. The first kappa shape index (κ1) is 12.7. The molecule has 0 unspecified atom stereocenters. The van der Waals surface area contributed by atoms with Crippen molar-refractivity contribution in [3.63, 3.8) is 0 Å². The van der Waals surface area contributed by atoms with Crippen LogP contribution in [0.5, 0.6) is 0 Å². The topological polar surface area (TPSA) is 114 Å². The van der Waals surface area contributed by atoms with Crippen molar-refractivity contribution in [2.24, 2.45) is 0 Å². The lowest BCUT2D eigenvalue weighted by atomic mass is 10.1. The van der Waals surface area contributed by atoms with Crippen LogP contribution >= 0.6 is 0 Å². The molecule has 0 spiro atoms. The van der Waals surface area contributed by atoms with E-state index in [1.54, 1.807) is 19.9 Å². The molecule has 0 atom stereocenters. The van der Waals surface area contributed by atoms with Crippen molar-refractivity contribution in [2.45, 2.75) is 13.8 Å². The van der Waals surface area contributed by atoms with Crippen molar-refractivity contribution in [1.82, 2.24) is 15.2 Å². The Morgan fingerprint density at radius 3 is 2.74 bits per heavy atom. The first-order valence-corrected chi connectivity index (χ1v) is 5.43. The van der Waals surface area contributed by atoms with E-state index >= 15 is 0 Å². The Labute approximate surface area is 108 Å². The van der Waals surface area contributed by atoms with Gasteiger partial charge in [-0.05, 0) is 25.5 Å². The summed E-state index contributed by atoms with van der Waals surface area (Å²) in [4.78, 5) is 26.2. The molecule has 19 heavy (non-hydrogen) atoms. The molecule has 0 saturated carbocycles. The number of hydrogen-bond acceptors (Lipinski definition) is 5. The summed E-state index contributed by atoms with van der Waals surface area (Å²) in [5.74, 6) is 0.00162. The number of carbonyl (C=O) groups excluding carboxylic acids is 1. The number of carbonyl (C=O) groups is 1. The number of nitro benzene ring substituents is 1. The van der Waals surface area contributed by atoms with Crippen LogP contribution < -0.4 is 5.32 Å². The number of amides is 1. The minimum Gasteiger partial charge on any atom is -0.289 e. The zero-order valence-corrected chi connectivity index (χ0v) is 10.3. The molecular formula is C11H11N5O3. The molecular weight excluding hydrogens is 250 g/mol. The average molecular weight is 261 g/mol. The van der Waals surface area contributed by atoms with Crippen LogP contribution in [0.15, 0.2) is 18.2 Å². The van der Waals surface area contributed by atoms with Gasteiger partial charge >= 0.3 is 0 Å². The van der Waals surface area contributed by atoms with E-state index in [9.17, 15) is 14.9 Å². The number of aryl methyl sites for hydroxylation is 2. The number of hydrogen-bond donors (Lipinski definition) is 2. The number of aromatic amines is 1. The number of rotatable bonds is 3. The molecule has 0 fully saturated rings. The van der Waals surface area contributed by atoms with Crippen molar-refractivity contribution in [1.29, 1.82) is 0 Å². The van der Waals surface area contributed by atoms with Gasteiger partial charge in [0.25, 0.3) is 11.6 Å². The van der Waals surface area contributed by atoms with Crippen molar-refractivity contribution in [3.05, 3.63) is 45.3 Å². The Bertz CT molecular complexity index is 650. The van der Waals surface area contributed by atoms with Crippen LogP contribution in [0.2, 0.25) is 0 Å². The van der Waals surface area contributed by atoms with Gasteiger partial charge in [-0.15, -0.1) is 5.10 Å². The summed E-state index contributed by atoms with van der Waals surface area (Å²) in [6, 6.07) is 4.33. The summed E-state index contributed by atoms with van der Waals surface area (Å²) < 4.78 is 0. The molecule has 0 radical (unpaired) electrons. The second kappa shape index (κ2) is 4.84. The molecule has 2 rings (SSSR count). The highest BCUT2D eigenvalue weighted by atomic mass is 16.6. The molecule has 8 heteroatoms. The molecule has 1 amide bonds. The van der Waals surface area contributed by atoms with Gasteiger partial charge in [0, 0.05) is 6.07 Å². The predicted octanol–water partition coefficient (Wildman–Crippen LogP) is 1.58. The largest absolute Gasteiger partial charge is 0.289 e. The predicted molar refractivity (Wildman–Crippen MR) is 66.9 cm³/mol. The van der Waals surface area contributed by atoms with Gasteiger partial charge in [-0.3, -0.25) is 25.3 Å². The van der Waals surface area contributed by atoms with E-state index in [1.807, 2.05) is 0 Å². The molecule has 98 valence electrons. The zero-order chi connectivity index (χ0) is 14.0. The highest BCUT2D eigenvalue weighted by Crippen LogP contribution is 2.20. The van der Waals surface area contributed by atoms with Gasteiger partial charge in [0.05, 0.1) is 4.92 Å². The van der Waals surface area contributed by atoms with Crippen LogP contribution in [0.4, 0.5) is 11.6 Å². The summed E-state index contributed by atoms with van der Waals surface area (Å²) in [5, 5.41) is 19.6. The van der Waals surface area contributed by atoms with E-state index in [2.05, 4.69) is 20.5 Å². The fourth-order valence-corrected chi connectivity index (χ4v) is 1.56. The van der Waals surface area contributed by atoms with Gasteiger partial charge in [-0.25, -0.2) is 0 Å². The third kappa shape index (κ3) is 2.73. The fraction of sp³-hybridized carbons (Fsp3) is 0.182. The van der Waals surface area contributed by atoms with Gasteiger partial charge in [0.2, 0.25) is 5.95 Å². The molecule has 2 N–H and O–H groups in total. The first-order valence-electron chi connectivity index (χ1n) is 5.43. The molecule has 2 aromatic rings. The van der Waals surface area contributed by atoms with E-state index in [4.69, 9.17) is 0 Å². The van der Waals surface area contributed by atoms with Crippen LogP contribution in [0.3, 0.4) is 0 Å². The number of H-pyrrole nitrogens is 1. The maximum Gasteiger partial charge on any atom is 0.282 e. The van der Waals surface area contributed by atoms with Gasteiger partial charge < -0.3 is 0 Å². The number of aromatic nitrogens is 3. The highest BCUT2D eigenvalue weighted by Gasteiger charge is 2.21. The standard InChI is InChI=1S/C11H11N5O3/c1-6-3-4-9(16(18)19)8(5-6)10(17)13-11-12-7(2)14-15-11/h3-5H,1-2H3,(H2,12,13,14,15,17). The summed E-state index contributed by atoms with van der Waals surface area (Å²) in [6.07, 6.45) is 0. The Morgan fingerprint density at radius 1 is 1.42 bits per heavy atom. The summed E-state index contributed by atoms with van der Waals surface area (Å²) in [6.45, 7) is 3.43. The van der Waals surface area contributed by atoms with Crippen LogP contribution in [-0.2, 0) is 0 Å². The average Bonchev–Trinajstić information content (AvgIpc) is 2.74. The molecule has 0 aliphatic heterocycles. The summed E-state index contributed by atoms with van der Waals surface area (Å²) in [5.41, 5.74) is 0.477. The second-order valence-corrected chi connectivity index (χ2v) is 3.98. The van der Waals surface area contributed by atoms with E-state index in [1.165, 1.54) is 12.1 Å². The number of nitro groups is 1. The van der Waals surface area contributed by atoms with Gasteiger partial charge in [0.1, 0.15) is 11.4 Å². The van der Waals surface area contributed by atoms with E-state index < -0.39 is 10.8 Å². The number of nitrogens with zero attached hydrogens (tertiary/aromatic N) is 3. The molecule has 0 saturated heterocycles. The Balaban J connectivity index is 2.32. The summed E-state index contributed by atoms with van der Waals surface area (Å²) >= 11 is 0. The molecule has 1 aromatic carbocycles. The van der Waals surface area contributed by atoms with Crippen molar-refractivity contribution < 1.29 is 9.72 Å². The normalized spacial score (nSPS) is 10.2. The monoisotopic (exact) mass is 261 g/mol. The van der Waals surface area contributed by atoms with Crippen molar-refractivity contribution in [3.8, 4) is 0 Å². The molecule has 0 aliphatic carbocycles. The van der Waals surface area contributed by atoms with E-state index in [0.717, 1.165) is 5.56 Å². The molecule has 8 nitrogen and oxygen atoms in total. The minimum atomic E-state index is -0.616. The lowest BCUT2D eigenvalue weighted by molar-refractivity contribution is -0.385. The van der Waals surface area contributed by atoms with Gasteiger partial charge in [-0.2, -0.15) is 4.98 Å². The van der Waals surface area contributed by atoms with Crippen LogP contribution in [-0.4, -0.2) is 26.0 Å². The maximum atomic E-state index is 12.0. The van der Waals surface area contributed by atoms with E-state index in [0.29, 0.717) is 5.82 Å². The van der Waals surface area contributed by atoms with E-state index in [-0.39, 0.29) is 17.2 Å². The number of anilines is 1. The fourth-order valence-electron chi connectivity index (χ4n) is 1.56. The maximum absolute atomic E-state index is 12.0. The quantitative estimate of drug-likeness (QED) is 0.643.